The number of carbonyl (C=O) groups excluding carboxylic acids is 1. The van der Waals surface area contributed by atoms with Crippen LogP contribution in [0.3, 0.4) is 0 Å². The molecular formula is C20H32N4O4. The molecule has 2 unspecified atom stereocenters. The van der Waals surface area contributed by atoms with Gasteiger partial charge in [-0.05, 0) is 24.1 Å². The highest BCUT2D eigenvalue weighted by atomic mass is 16.5. The average Bonchev–Trinajstić information content (AvgIpc) is 3.16. The molecule has 156 valence electrons. The van der Waals surface area contributed by atoms with Crippen LogP contribution in [0.25, 0.3) is 0 Å². The normalized spacial score (nSPS) is 18.5. The Hall–Kier alpha value is -2.48. The summed E-state index contributed by atoms with van der Waals surface area (Å²) in [6, 6.07) is 6.26. The number of hydrogen-bond donors (Lipinski definition) is 2. The summed E-state index contributed by atoms with van der Waals surface area (Å²) in [4.78, 5) is 18.2. The summed E-state index contributed by atoms with van der Waals surface area (Å²) in [5, 5.41) is 6.63. The number of likely N-dealkylation sites (tertiary alicyclic amines) is 1. The minimum absolute atomic E-state index is 0.230. The number of aliphatic imine (C=N–C) groups is 1. The number of carbonyl (C=O) groups is 1. The smallest absolute Gasteiger partial charge is 0.310 e. The summed E-state index contributed by atoms with van der Waals surface area (Å²) in [7, 11) is 6.45. The fourth-order valence-corrected chi connectivity index (χ4v) is 3.23. The zero-order valence-corrected chi connectivity index (χ0v) is 17.4. The fraction of sp³-hybridized carbons (Fsp3) is 0.600. The van der Waals surface area contributed by atoms with Gasteiger partial charge in [0, 0.05) is 45.3 Å². The molecule has 0 aromatic heterocycles. The highest BCUT2D eigenvalue weighted by Crippen LogP contribution is 2.24. The number of rotatable bonds is 8. The molecule has 8 nitrogen and oxygen atoms in total. The van der Waals surface area contributed by atoms with Gasteiger partial charge in [0.15, 0.2) is 5.96 Å². The van der Waals surface area contributed by atoms with E-state index in [0.29, 0.717) is 18.5 Å². The molecule has 0 aliphatic carbocycles. The van der Waals surface area contributed by atoms with Crippen LogP contribution in [0.5, 0.6) is 11.5 Å². The summed E-state index contributed by atoms with van der Waals surface area (Å²) in [5.41, 5.74) is 1.16. The molecule has 1 aromatic carbocycles. The van der Waals surface area contributed by atoms with Crippen LogP contribution in [0.15, 0.2) is 23.2 Å². The van der Waals surface area contributed by atoms with E-state index in [-0.39, 0.29) is 11.9 Å². The Labute approximate surface area is 167 Å². The molecule has 2 atom stereocenters. The minimum atomic E-state index is -0.233. The average molecular weight is 393 g/mol. The highest BCUT2D eigenvalue weighted by Gasteiger charge is 2.24. The number of guanidine groups is 1. The number of ether oxygens (including phenoxy) is 3. The van der Waals surface area contributed by atoms with Gasteiger partial charge < -0.3 is 24.8 Å². The molecule has 1 aliphatic rings. The first-order valence-electron chi connectivity index (χ1n) is 9.48. The van der Waals surface area contributed by atoms with Crippen molar-refractivity contribution in [3.63, 3.8) is 0 Å². The van der Waals surface area contributed by atoms with Crippen molar-refractivity contribution in [3.05, 3.63) is 23.8 Å². The van der Waals surface area contributed by atoms with Gasteiger partial charge in [0.2, 0.25) is 0 Å². The summed E-state index contributed by atoms with van der Waals surface area (Å²) < 4.78 is 15.5. The molecule has 1 saturated heterocycles. The van der Waals surface area contributed by atoms with Gasteiger partial charge in [0.05, 0.1) is 27.2 Å². The monoisotopic (exact) mass is 392 g/mol. The van der Waals surface area contributed by atoms with Gasteiger partial charge in [-0.2, -0.15) is 0 Å². The Kier molecular flexibility index (Phi) is 8.38. The SMILES string of the molecule is CN=C(NCC(C)C(=O)OC)NC1CCN(Cc2cc(OC)cc(OC)c2)C1. The molecule has 1 aliphatic heterocycles. The molecule has 0 radical (unpaired) electrons. The van der Waals surface area contributed by atoms with E-state index in [9.17, 15) is 4.79 Å². The van der Waals surface area contributed by atoms with Gasteiger partial charge in [0.1, 0.15) is 11.5 Å². The van der Waals surface area contributed by atoms with Crippen LogP contribution in [-0.4, -0.2) is 70.9 Å². The van der Waals surface area contributed by atoms with Gasteiger partial charge >= 0.3 is 5.97 Å². The number of methoxy groups -OCH3 is 3. The zero-order valence-electron chi connectivity index (χ0n) is 17.4. The molecule has 1 aromatic rings. The van der Waals surface area contributed by atoms with Crippen LogP contribution in [0.1, 0.15) is 18.9 Å². The van der Waals surface area contributed by atoms with E-state index in [4.69, 9.17) is 14.2 Å². The third kappa shape index (κ3) is 6.30. The number of esters is 1. The van der Waals surface area contributed by atoms with Crippen molar-refractivity contribution in [2.24, 2.45) is 10.9 Å². The molecule has 2 N–H and O–H groups in total. The molecule has 0 spiro atoms. The summed E-state index contributed by atoms with van der Waals surface area (Å²) in [6.07, 6.45) is 1.02. The van der Waals surface area contributed by atoms with Crippen molar-refractivity contribution < 1.29 is 19.0 Å². The van der Waals surface area contributed by atoms with Gasteiger partial charge in [0.25, 0.3) is 0 Å². The van der Waals surface area contributed by atoms with Crippen LogP contribution in [0.2, 0.25) is 0 Å². The Morgan fingerprint density at radius 1 is 1.25 bits per heavy atom. The lowest BCUT2D eigenvalue weighted by Gasteiger charge is -2.20. The molecule has 0 amide bonds. The Balaban J connectivity index is 1.85. The molecule has 1 fully saturated rings. The largest absolute Gasteiger partial charge is 0.497 e. The van der Waals surface area contributed by atoms with Crippen LogP contribution in [-0.2, 0) is 16.1 Å². The van der Waals surface area contributed by atoms with E-state index in [0.717, 1.165) is 43.1 Å². The van der Waals surface area contributed by atoms with Crippen LogP contribution >= 0.6 is 0 Å². The Morgan fingerprint density at radius 3 is 2.50 bits per heavy atom. The van der Waals surface area contributed by atoms with E-state index >= 15 is 0 Å². The van der Waals surface area contributed by atoms with Gasteiger partial charge in [-0.25, -0.2) is 0 Å². The van der Waals surface area contributed by atoms with Gasteiger partial charge in [-0.1, -0.05) is 6.92 Å². The molecule has 0 bridgehead atoms. The quantitative estimate of drug-likeness (QED) is 0.391. The molecule has 1 heterocycles. The predicted octanol–water partition coefficient (Wildman–Crippen LogP) is 1.25. The first-order valence-corrected chi connectivity index (χ1v) is 9.48. The highest BCUT2D eigenvalue weighted by molar-refractivity contribution is 5.81. The number of benzene rings is 1. The molecule has 0 saturated carbocycles. The lowest BCUT2D eigenvalue weighted by Crippen LogP contribution is -2.46. The summed E-state index contributed by atoms with van der Waals surface area (Å²) in [5.74, 6) is 1.83. The van der Waals surface area contributed by atoms with Gasteiger partial charge in [-0.15, -0.1) is 0 Å². The lowest BCUT2D eigenvalue weighted by atomic mass is 10.2. The third-order valence-corrected chi connectivity index (χ3v) is 4.83. The summed E-state index contributed by atoms with van der Waals surface area (Å²) in [6.45, 7) is 5.04. The number of hydrogen-bond acceptors (Lipinski definition) is 6. The van der Waals surface area contributed by atoms with Crippen molar-refractivity contribution in [1.29, 1.82) is 0 Å². The maximum absolute atomic E-state index is 11.5. The second-order valence-corrected chi connectivity index (χ2v) is 6.96. The Bertz CT molecular complexity index is 658. The maximum Gasteiger partial charge on any atom is 0.310 e. The van der Waals surface area contributed by atoms with E-state index in [1.807, 2.05) is 25.1 Å². The maximum atomic E-state index is 11.5. The molecule has 28 heavy (non-hydrogen) atoms. The zero-order chi connectivity index (χ0) is 20.5. The predicted molar refractivity (Wildman–Crippen MR) is 109 cm³/mol. The Morgan fingerprint density at radius 2 is 1.93 bits per heavy atom. The van der Waals surface area contributed by atoms with E-state index in [2.05, 4.69) is 20.5 Å². The molecule has 8 heteroatoms. The fourth-order valence-electron chi connectivity index (χ4n) is 3.23. The number of nitrogens with zero attached hydrogens (tertiary/aromatic N) is 2. The summed E-state index contributed by atoms with van der Waals surface area (Å²) >= 11 is 0. The standard InChI is InChI=1S/C20H32N4O4/c1-14(19(25)28-5)11-22-20(21-2)23-16-6-7-24(13-16)12-15-8-17(26-3)10-18(9-15)27-4/h8-10,14,16H,6-7,11-13H2,1-5H3,(H2,21,22,23). The number of nitrogens with one attached hydrogen (secondary N) is 2. The van der Waals surface area contributed by atoms with E-state index in [1.165, 1.54) is 7.11 Å². The van der Waals surface area contributed by atoms with Crippen LogP contribution < -0.4 is 20.1 Å². The van der Waals surface area contributed by atoms with Crippen molar-refractivity contribution in [2.75, 3.05) is 48.0 Å². The molecular weight excluding hydrogens is 360 g/mol. The minimum Gasteiger partial charge on any atom is -0.497 e. The van der Waals surface area contributed by atoms with Crippen molar-refractivity contribution in [1.82, 2.24) is 15.5 Å². The van der Waals surface area contributed by atoms with E-state index < -0.39 is 0 Å². The van der Waals surface area contributed by atoms with Crippen LogP contribution in [0, 0.1) is 5.92 Å². The third-order valence-electron chi connectivity index (χ3n) is 4.83. The topological polar surface area (TPSA) is 84.4 Å². The van der Waals surface area contributed by atoms with Crippen molar-refractivity contribution >= 4 is 11.9 Å². The first kappa shape index (κ1) is 21.8. The van der Waals surface area contributed by atoms with Crippen LogP contribution in [0.4, 0.5) is 0 Å². The second kappa shape index (κ2) is 10.8. The molecule has 2 rings (SSSR count). The van der Waals surface area contributed by atoms with Gasteiger partial charge in [-0.3, -0.25) is 14.7 Å². The second-order valence-electron chi connectivity index (χ2n) is 6.96. The van der Waals surface area contributed by atoms with Crippen molar-refractivity contribution in [2.45, 2.75) is 25.9 Å². The lowest BCUT2D eigenvalue weighted by molar-refractivity contribution is -0.144. The first-order chi connectivity index (χ1) is 13.5. The van der Waals surface area contributed by atoms with E-state index in [1.54, 1.807) is 21.3 Å². The van der Waals surface area contributed by atoms with Crippen molar-refractivity contribution in [3.8, 4) is 11.5 Å².